The van der Waals surface area contributed by atoms with Crippen molar-refractivity contribution in [3.05, 3.63) is 48.3 Å². The van der Waals surface area contributed by atoms with Crippen molar-refractivity contribution < 1.29 is 4.42 Å². The molecule has 96 valence electrons. The summed E-state index contributed by atoms with van der Waals surface area (Å²) in [4.78, 5) is 3.99. The molecule has 0 aliphatic carbocycles. The zero-order valence-electron chi connectivity index (χ0n) is 10.8. The fourth-order valence-corrected chi connectivity index (χ4v) is 2.09. The van der Waals surface area contributed by atoms with Crippen LogP contribution in [0.2, 0.25) is 0 Å². The summed E-state index contributed by atoms with van der Waals surface area (Å²) in [5.41, 5.74) is 9.27. The number of aryl methyl sites for hydroxylation is 2. The summed E-state index contributed by atoms with van der Waals surface area (Å²) in [6, 6.07) is 5.71. The Morgan fingerprint density at radius 2 is 1.95 bits per heavy atom. The predicted molar refractivity (Wildman–Crippen MR) is 72.9 cm³/mol. The summed E-state index contributed by atoms with van der Waals surface area (Å²) in [7, 11) is 0. The number of furan rings is 1. The smallest absolute Gasteiger partial charge is 0.119 e. The molecule has 5 heteroatoms. The van der Waals surface area contributed by atoms with Crippen LogP contribution in [0.15, 0.2) is 41.2 Å². The van der Waals surface area contributed by atoms with Gasteiger partial charge in [0.05, 0.1) is 17.6 Å². The van der Waals surface area contributed by atoms with Crippen LogP contribution in [-0.4, -0.2) is 14.8 Å². The lowest BCUT2D eigenvalue weighted by Crippen LogP contribution is -1.94. The van der Waals surface area contributed by atoms with E-state index in [0.717, 1.165) is 28.5 Å². The van der Waals surface area contributed by atoms with Crippen molar-refractivity contribution >= 4 is 5.69 Å². The molecule has 0 saturated heterocycles. The second kappa shape index (κ2) is 4.28. The van der Waals surface area contributed by atoms with Crippen molar-refractivity contribution in [2.75, 3.05) is 5.73 Å². The van der Waals surface area contributed by atoms with E-state index in [2.05, 4.69) is 10.1 Å². The number of rotatable bonds is 2. The van der Waals surface area contributed by atoms with Gasteiger partial charge < -0.3 is 10.2 Å². The molecule has 0 spiro atoms. The number of nitrogen functional groups attached to an aromatic ring is 1. The Morgan fingerprint density at radius 1 is 1.21 bits per heavy atom. The Kier molecular flexibility index (Phi) is 2.59. The topological polar surface area (TPSA) is 69.9 Å². The van der Waals surface area contributed by atoms with Crippen LogP contribution in [0, 0.1) is 13.8 Å². The number of nitrogens with zero attached hydrogens (tertiary/aromatic N) is 3. The van der Waals surface area contributed by atoms with Gasteiger partial charge in [-0.1, -0.05) is 0 Å². The number of pyridine rings is 1. The van der Waals surface area contributed by atoms with E-state index < -0.39 is 0 Å². The van der Waals surface area contributed by atoms with Gasteiger partial charge >= 0.3 is 0 Å². The van der Waals surface area contributed by atoms with Crippen LogP contribution in [0.5, 0.6) is 0 Å². The van der Waals surface area contributed by atoms with Gasteiger partial charge in [-0.15, -0.1) is 0 Å². The summed E-state index contributed by atoms with van der Waals surface area (Å²) in [5.74, 6) is 1.68. The highest BCUT2D eigenvalue weighted by atomic mass is 16.3. The maximum atomic E-state index is 6.05. The van der Waals surface area contributed by atoms with E-state index in [9.17, 15) is 0 Å². The molecular weight excluding hydrogens is 240 g/mol. The molecule has 0 bridgehead atoms. The van der Waals surface area contributed by atoms with Crippen LogP contribution in [0.4, 0.5) is 5.69 Å². The molecule has 0 aromatic carbocycles. The van der Waals surface area contributed by atoms with Gasteiger partial charge in [-0.3, -0.25) is 4.98 Å². The third-order valence-corrected chi connectivity index (χ3v) is 2.97. The fourth-order valence-electron chi connectivity index (χ4n) is 2.09. The van der Waals surface area contributed by atoms with Crippen molar-refractivity contribution in [1.82, 2.24) is 14.8 Å². The van der Waals surface area contributed by atoms with Crippen molar-refractivity contribution in [1.29, 1.82) is 0 Å². The molecule has 0 aliphatic heterocycles. The van der Waals surface area contributed by atoms with E-state index in [1.807, 2.05) is 32.0 Å². The molecule has 3 aromatic heterocycles. The number of anilines is 1. The largest absolute Gasteiger partial charge is 0.466 e. The van der Waals surface area contributed by atoms with Gasteiger partial charge in [0, 0.05) is 18.0 Å². The monoisotopic (exact) mass is 254 g/mol. The Hall–Kier alpha value is -2.56. The highest BCUT2D eigenvalue weighted by molar-refractivity contribution is 5.74. The number of hydrogen-bond donors (Lipinski definition) is 1. The molecule has 0 amide bonds. The lowest BCUT2D eigenvalue weighted by Gasteiger charge is -1.98. The minimum atomic E-state index is 0.626. The zero-order valence-corrected chi connectivity index (χ0v) is 10.8. The standard InChI is InChI=1S/C14H14N4O/c1-9-7-12(10(2)19-9)14-13(15)8-18(17-14)11-3-5-16-6-4-11/h3-8H,15H2,1-2H3. The van der Waals surface area contributed by atoms with Crippen LogP contribution in [-0.2, 0) is 0 Å². The molecule has 0 saturated carbocycles. The zero-order chi connectivity index (χ0) is 13.4. The van der Waals surface area contributed by atoms with Gasteiger partial charge in [0.1, 0.15) is 17.2 Å². The molecule has 0 aliphatic rings. The molecule has 0 unspecified atom stereocenters. The number of nitrogens with two attached hydrogens (primary N) is 1. The average molecular weight is 254 g/mol. The van der Waals surface area contributed by atoms with Crippen molar-refractivity contribution in [2.45, 2.75) is 13.8 Å². The maximum absolute atomic E-state index is 6.05. The predicted octanol–water partition coefficient (Wildman–Crippen LogP) is 2.73. The second-order valence-electron chi connectivity index (χ2n) is 4.41. The first-order chi connectivity index (χ1) is 9.15. The second-order valence-corrected chi connectivity index (χ2v) is 4.41. The lowest BCUT2D eigenvalue weighted by molar-refractivity contribution is 0.505. The molecule has 0 fully saturated rings. The quantitative estimate of drug-likeness (QED) is 0.763. The highest BCUT2D eigenvalue weighted by Crippen LogP contribution is 2.30. The van der Waals surface area contributed by atoms with E-state index in [1.165, 1.54) is 0 Å². The van der Waals surface area contributed by atoms with Gasteiger partial charge in [-0.25, -0.2) is 4.68 Å². The van der Waals surface area contributed by atoms with E-state index in [0.29, 0.717) is 5.69 Å². The molecule has 3 rings (SSSR count). The van der Waals surface area contributed by atoms with Crippen LogP contribution in [0.25, 0.3) is 16.9 Å². The van der Waals surface area contributed by atoms with Crippen LogP contribution < -0.4 is 5.73 Å². The lowest BCUT2D eigenvalue weighted by atomic mass is 10.1. The van der Waals surface area contributed by atoms with E-state index in [1.54, 1.807) is 23.3 Å². The van der Waals surface area contributed by atoms with Crippen LogP contribution in [0.3, 0.4) is 0 Å². The Balaban J connectivity index is 2.10. The SMILES string of the molecule is Cc1cc(-c2nn(-c3ccncc3)cc2N)c(C)o1. The molecule has 5 nitrogen and oxygen atoms in total. The number of aromatic nitrogens is 3. The maximum Gasteiger partial charge on any atom is 0.119 e. The van der Waals surface area contributed by atoms with Crippen molar-refractivity contribution in [2.24, 2.45) is 0 Å². The first kappa shape index (κ1) is 11.5. The van der Waals surface area contributed by atoms with E-state index in [-0.39, 0.29) is 0 Å². The molecular formula is C14H14N4O. The Labute approximate surface area is 110 Å². The van der Waals surface area contributed by atoms with Gasteiger partial charge in [0.25, 0.3) is 0 Å². The molecule has 3 aromatic rings. The normalized spacial score (nSPS) is 10.8. The third kappa shape index (κ3) is 1.99. The Morgan fingerprint density at radius 3 is 2.58 bits per heavy atom. The first-order valence-corrected chi connectivity index (χ1v) is 5.98. The molecule has 19 heavy (non-hydrogen) atoms. The molecule has 0 radical (unpaired) electrons. The van der Waals surface area contributed by atoms with Crippen molar-refractivity contribution in [3.63, 3.8) is 0 Å². The minimum Gasteiger partial charge on any atom is -0.466 e. The summed E-state index contributed by atoms with van der Waals surface area (Å²) >= 11 is 0. The first-order valence-electron chi connectivity index (χ1n) is 5.98. The molecule has 0 atom stereocenters. The van der Waals surface area contributed by atoms with Crippen molar-refractivity contribution in [3.8, 4) is 16.9 Å². The fraction of sp³-hybridized carbons (Fsp3) is 0.143. The Bertz CT molecular complexity index is 712. The summed E-state index contributed by atoms with van der Waals surface area (Å²) in [6.45, 7) is 3.82. The van der Waals surface area contributed by atoms with Gasteiger partial charge in [0.2, 0.25) is 0 Å². The molecule has 2 N–H and O–H groups in total. The van der Waals surface area contributed by atoms with Crippen LogP contribution >= 0.6 is 0 Å². The minimum absolute atomic E-state index is 0.626. The number of hydrogen-bond acceptors (Lipinski definition) is 4. The molecule has 3 heterocycles. The summed E-state index contributed by atoms with van der Waals surface area (Å²) < 4.78 is 7.27. The van der Waals surface area contributed by atoms with Gasteiger partial charge in [-0.05, 0) is 32.0 Å². The van der Waals surface area contributed by atoms with E-state index >= 15 is 0 Å². The summed E-state index contributed by atoms with van der Waals surface area (Å²) in [5, 5.41) is 4.53. The average Bonchev–Trinajstić information content (AvgIpc) is 2.93. The summed E-state index contributed by atoms with van der Waals surface area (Å²) in [6.07, 6.45) is 5.24. The van der Waals surface area contributed by atoms with Gasteiger partial charge in [-0.2, -0.15) is 5.10 Å². The van der Waals surface area contributed by atoms with Gasteiger partial charge in [0.15, 0.2) is 0 Å². The highest BCUT2D eigenvalue weighted by Gasteiger charge is 2.15. The van der Waals surface area contributed by atoms with Crippen LogP contribution in [0.1, 0.15) is 11.5 Å². The third-order valence-electron chi connectivity index (χ3n) is 2.97. The van der Waals surface area contributed by atoms with E-state index in [4.69, 9.17) is 10.2 Å².